The normalized spacial score (nSPS) is 0. The molecule has 0 saturated carbocycles. The van der Waals surface area contributed by atoms with Crippen molar-refractivity contribution < 1.29 is 62.0 Å². The van der Waals surface area contributed by atoms with E-state index in [0.29, 0.717) is 0 Å². The Balaban J connectivity index is 0. The van der Waals surface area contributed by atoms with E-state index in [0.717, 1.165) is 0 Å². The fraction of sp³-hybridized carbons (Fsp3) is 0. The molecule has 0 heterocycles. The average Bonchev–Trinajstić information content (AvgIpc) is 0. The summed E-state index contributed by atoms with van der Waals surface area (Å²) in [5.41, 5.74) is 0. The van der Waals surface area contributed by atoms with Gasteiger partial charge in [0, 0.05) is 0 Å². The molecule has 0 amide bonds. The van der Waals surface area contributed by atoms with Crippen LogP contribution in [0.4, 0.5) is 0 Å². The van der Waals surface area contributed by atoms with E-state index in [-0.39, 0.29) is 96.1 Å². The third-order valence-electron chi connectivity index (χ3n) is 0. The first-order valence-corrected chi connectivity index (χ1v) is 0. The SMILES string of the molecule is [H-].[H-].[Na+].[Na+].[SeH2].[SeH2]. The molecule has 4 heteroatoms. The summed E-state index contributed by atoms with van der Waals surface area (Å²) < 4.78 is 0. The summed E-state index contributed by atoms with van der Waals surface area (Å²) >= 11 is 0. The van der Waals surface area contributed by atoms with Crippen LogP contribution in [0.2, 0.25) is 0 Å². The number of hydrogen-bond acceptors (Lipinski definition) is 0. The van der Waals surface area contributed by atoms with Gasteiger partial charge in [-0.1, -0.05) is 0 Å². The summed E-state index contributed by atoms with van der Waals surface area (Å²) in [5.74, 6) is 0. The van der Waals surface area contributed by atoms with Crippen molar-refractivity contribution in [3.05, 3.63) is 0 Å². The van der Waals surface area contributed by atoms with Gasteiger partial charge in [-0.15, -0.1) is 0 Å². The number of rotatable bonds is 0. The maximum atomic E-state index is 0. The van der Waals surface area contributed by atoms with Crippen molar-refractivity contribution in [1.29, 1.82) is 0 Å². The van der Waals surface area contributed by atoms with Crippen LogP contribution in [-0.4, -0.2) is 34.1 Å². The maximum absolute atomic E-state index is 0. The van der Waals surface area contributed by atoms with Gasteiger partial charge >= 0.3 is 93.3 Å². The van der Waals surface area contributed by atoms with Gasteiger partial charge in [0.2, 0.25) is 0 Å². The van der Waals surface area contributed by atoms with Crippen LogP contribution >= 0.6 is 0 Å². The van der Waals surface area contributed by atoms with Gasteiger partial charge in [-0.3, -0.25) is 0 Å². The Kier molecular flexibility index (Phi) is 115. The molecule has 0 aliphatic heterocycles. The van der Waals surface area contributed by atoms with Crippen LogP contribution < -0.4 is 59.1 Å². The van der Waals surface area contributed by atoms with Crippen LogP contribution in [0.5, 0.6) is 0 Å². The van der Waals surface area contributed by atoms with Crippen LogP contribution in [0.25, 0.3) is 0 Å². The minimum atomic E-state index is 0. The van der Waals surface area contributed by atoms with Gasteiger partial charge in [0.05, 0.1) is 0 Å². The molecule has 0 rings (SSSR count). The van der Waals surface area contributed by atoms with E-state index in [1.807, 2.05) is 0 Å². The predicted octanol–water partition coefficient (Wildman–Crippen LogP) is -7.60. The van der Waals surface area contributed by atoms with Gasteiger partial charge in [0.1, 0.15) is 0 Å². The third kappa shape index (κ3) is 8.90. The molecule has 0 saturated heterocycles. The average molecular weight is 210 g/mol. The summed E-state index contributed by atoms with van der Waals surface area (Å²) in [6, 6.07) is 0. The summed E-state index contributed by atoms with van der Waals surface area (Å²) in [4.78, 5) is 0. The zero-order valence-corrected chi connectivity index (χ0v) is 11.2. The van der Waals surface area contributed by atoms with E-state index >= 15 is 0 Å². The molecule has 0 radical (unpaired) electrons. The standard InChI is InChI=1S/2Na.2H2Se.2H/h;;2*1H2;;/q2*+1;;;2*-1. The van der Waals surface area contributed by atoms with E-state index in [1.165, 1.54) is 0 Å². The summed E-state index contributed by atoms with van der Waals surface area (Å²) in [6.45, 7) is 0. The fourth-order valence-electron chi connectivity index (χ4n) is 0. The molecule has 0 fully saturated rings. The molecule has 20 valence electrons. The summed E-state index contributed by atoms with van der Waals surface area (Å²) in [5, 5.41) is 0. The summed E-state index contributed by atoms with van der Waals surface area (Å²) in [6.07, 6.45) is 0. The molecule has 4 heavy (non-hydrogen) atoms. The molecule has 0 aliphatic rings. The first-order chi connectivity index (χ1) is 0. The third-order valence-corrected chi connectivity index (χ3v) is 0. The Labute approximate surface area is 94.4 Å². The van der Waals surface area contributed by atoms with Gasteiger partial charge < -0.3 is 2.85 Å². The first kappa shape index (κ1) is 27.8. The minimum absolute atomic E-state index is 0. The first-order valence-electron chi connectivity index (χ1n) is 0. The van der Waals surface area contributed by atoms with Gasteiger partial charge in [-0.25, -0.2) is 0 Å². The molecule has 0 spiro atoms. The second-order valence-electron chi connectivity index (χ2n) is 0. The Hall–Kier alpha value is 3.04. The van der Waals surface area contributed by atoms with Crippen molar-refractivity contribution in [2.24, 2.45) is 0 Å². The van der Waals surface area contributed by atoms with Crippen LogP contribution in [0, 0.1) is 0 Å². The van der Waals surface area contributed by atoms with E-state index in [2.05, 4.69) is 0 Å². The topological polar surface area (TPSA) is 0 Å². The van der Waals surface area contributed by atoms with E-state index in [9.17, 15) is 0 Å². The molecule has 0 unspecified atom stereocenters. The van der Waals surface area contributed by atoms with Crippen LogP contribution in [-0.2, 0) is 0 Å². The predicted molar refractivity (Wildman–Crippen MR) is 19.3 cm³/mol. The van der Waals surface area contributed by atoms with Gasteiger partial charge in [-0.2, -0.15) is 0 Å². The van der Waals surface area contributed by atoms with Crippen molar-refractivity contribution in [2.45, 2.75) is 0 Å². The van der Waals surface area contributed by atoms with Crippen molar-refractivity contribution >= 4 is 34.1 Å². The van der Waals surface area contributed by atoms with Crippen molar-refractivity contribution in [1.82, 2.24) is 0 Å². The van der Waals surface area contributed by atoms with Gasteiger partial charge in [-0.05, 0) is 0 Å². The van der Waals surface area contributed by atoms with Crippen molar-refractivity contribution in [3.8, 4) is 0 Å². The molecule has 0 nitrogen and oxygen atoms in total. The van der Waals surface area contributed by atoms with E-state index in [4.69, 9.17) is 0 Å². The zero-order valence-electron chi connectivity index (χ0n) is 5.00. The quantitative estimate of drug-likeness (QED) is 0.348. The molecule has 0 aromatic carbocycles. The Morgan fingerprint density at radius 3 is 0.750 bits per heavy atom. The Morgan fingerprint density at radius 1 is 0.750 bits per heavy atom. The molecule has 0 bridgehead atoms. The van der Waals surface area contributed by atoms with Crippen LogP contribution in [0.1, 0.15) is 2.85 Å². The van der Waals surface area contributed by atoms with Crippen LogP contribution in [0.3, 0.4) is 0 Å². The molecule has 0 aromatic heterocycles. The van der Waals surface area contributed by atoms with Gasteiger partial charge in [0.15, 0.2) is 0 Å². The monoisotopic (exact) mass is 212 g/mol. The second kappa shape index (κ2) is 16.6. The molecule has 0 N–H and O–H groups in total. The molecular formula is H6Na2Se2. The van der Waals surface area contributed by atoms with Gasteiger partial charge in [0.25, 0.3) is 0 Å². The Bertz CT molecular complexity index is 9.51. The number of hydrogen-bond donors (Lipinski definition) is 0. The van der Waals surface area contributed by atoms with Crippen molar-refractivity contribution in [2.75, 3.05) is 0 Å². The molecule has 0 aliphatic carbocycles. The fourth-order valence-corrected chi connectivity index (χ4v) is 0. The van der Waals surface area contributed by atoms with E-state index in [1.54, 1.807) is 0 Å². The Morgan fingerprint density at radius 2 is 0.750 bits per heavy atom. The van der Waals surface area contributed by atoms with Crippen molar-refractivity contribution in [3.63, 3.8) is 0 Å². The molecular weight excluding hydrogens is 204 g/mol. The van der Waals surface area contributed by atoms with Crippen LogP contribution in [0.15, 0.2) is 0 Å². The molecule has 0 aromatic rings. The summed E-state index contributed by atoms with van der Waals surface area (Å²) in [7, 11) is 0. The second-order valence-corrected chi connectivity index (χ2v) is 0. The zero-order chi connectivity index (χ0) is 0. The molecule has 0 atom stereocenters. The van der Waals surface area contributed by atoms with E-state index < -0.39 is 0 Å².